The summed E-state index contributed by atoms with van der Waals surface area (Å²) in [6.07, 6.45) is 5.26. The van der Waals surface area contributed by atoms with Crippen LogP contribution in [0.5, 0.6) is 0 Å². The van der Waals surface area contributed by atoms with Crippen molar-refractivity contribution in [3.05, 3.63) is 0 Å². The third-order valence-electron chi connectivity index (χ3n) is 3.94. The first-order valence-electron chi connectivity index (χ1n) is 5.59. The molecule has 3 unspecified atom stereocenters. The molecule has 2 nitrogen and oxygen atoms in total. The van der Waals surface area contributed by atoms with E-state index in [1.54, 1.807) is 0 Å². The Kier molecular flexibility index (Phi) is 2.37. The molecule has 76 valence electrons. The van der Waals surface area contributed by atoms with Crippen LogP contribution in [0.25, 0.3) is 0 Å². The fourth-order valence-electron chi connectivity index (χ4n) is 2.54. The minimum atomic E-state index is -0.0179. The fraction of sp³-hybridized carbons (Fsp3) is 1.00. The quantitative estimate of drug-likeness (QED) is 0.725. The van der Waals surface area contributed by atoms with Crippen molar-refractivity contribution in [1.82, 2.24) is 0 Å². The van der Waals surface area contributed by atoms with Gasteiger partial charge in [-0.05, 0) is 31.1 Å². The van der Waals surface area contributed by atoms with E-state index in [-0.39, 0.29) is 5.54 Å². The van der Waals surface area contributed by atoms with E-state index >= 15 is 0 Å². The number of nitrogens with two attached hydrogens (primary N) is 1. The molecular weight excluding hydrogens is 162 g/mol. The minimum absolute atomic E-state index is 0.0179. The second kappa shape index (κ2) is 3.25. The van der Waals surface area contributed by atoms with Gasteiger partial charge in [0.15, 0.2) is 0 Å². The first kappa shape index (κ1) is 9.47. The van der Waals surface area contributed by atoms with Crippen LogP contribution in [0.3, 0.4) is 0 Å². The minimum Gasteiger partial charge on any atom is -0.376 e. The summed E-state index contributed by atoms with van der Waals surface area (Å²) in [5.74, 6) is 1.38. The molecule has 0 radical (unpaired) electrons. The summed E-state index contributed by atoms with van der Waals surface area (Å²) < 4.78 is 5.79. The Morgan fingerprint density at radius 2 is 2.23 bits per heavy atom. The Balaban J connectivity index is 2.09. The molecular formula is C11H21NO. The van der Waals surface area contributed by atoms with E-state index in [0.29, 0.717) is 12.0 Å². The third kappa shape index (κ3) is 1.50. The second-order valence-corrected chi connectivity index (χ2v) is 4.80. The van der Waals surface area contributed by atoms with E-state index in [1.165, 1.54) is 19.3 Å². The lowest BCUT2D eigenvalue weighted by Gasteiger charge is -2.35. The van der Waals surface area contributed by atoms with Crippen LogP contribution in [-0.2, 0) is 4.74 Å². The van der Waals surface area contributed by atoms with E-state index < -0.39 is 0 Å². The van der Waals surface area contributed by atoms with Crippen LogP contribution in [0.1, 0.15) is 39.5 Å². The Bertz CT molecular complexity index is 191. The summed E-state index contributed by atoms with van der Waals surface area (Å²) in [5, 5.41) is 0. The lowest BCUT2D eigenvalue weighted by molar-refractivity contribution is 0.0453. The normalized spacial score (nSPS) is 42.2. The van der Waals surface area contributed by atoms with Crippen molar-refractivity contribution in [3.8, 4) is 0 Å². The molecule has 13 heavy (non-hydrogen) atoms. The summed E-state index contributed by atoms with van der Waals surface area (Å²) in [6.45, 7) is 5.37. The third-order valence-corrected chi connectivity index (χ3v) is 3.94. The maximum absolute atomic E-state index is 6.47. The average Bonchev–Trinajstić information content (AvgIpc) is 2.89. The van der Waals surface area contributed by atoms with E-state index in [0.717, 1.165) is 18.9 Å². The van der Waals surface area contributed by atoms with Crippen molar-refractivity contribution in [2.75, 3.05) is 6.61 Å². The summed E-state index contributed by atoms with van der Waals surface area (Å²) in [6, 6.07) is 0. The molecule has 2 N–H and O–H groups in total. The fourth-order valence-corrected chi connectivity index (χ4v) is 2.54. The lowest BCUT2D eigenvalue weighted by atomic mass is 9.77. The zero-order valence-corrected chi connectivity index (χ0v) is 8.75. The zero-order valence-electron chi connectivity index (χ0n) is 8.75. The van der Waals surface area contributed by atoms with Gasteiger partial charge in [-0.3, -0.25) is 0 Å². The summed E-state index contributed by atoms with van der Waals surface area (Å²) >= 11 is 0. The van der Waals surface area contributed by atoms with Crippen LogP contribution in [0.2, 0.25) is 0 Å². The molecule has 2 heteroatoms. The van der Waals surface area contributed by atoms with Crippen LogP contribution in [0.15, 0.2) is 0 Å². The molecule has 1 saturated carbocycles. The van der Waals surface area contributed by atoms with Crippen molar-refractivity contribution in [2.45, 2.75) is 51.2 Å². The molecule has 0 amide bonds. The largest absolute Gasteiger partial charge is 0.376 e. The zero-order chi connectivity index (χ0) is 9.47. The van der Waals surface area contributed by atoms with Crippen molar-refractivity contribution in [3.63, 3.8) is 0 Å². The molecule has 1 heterocycles. The predicted molar refractivity (Wildman–Crippen MR) is 53.5 cm³/mol. The number of ether oxygens (including phenoxy) is 1. The number of rotatable bonds is 3. The Hall–Kier alpha value is -0.0800. The molecule has 2 fully saturated rings. The molecule has 2 rings (SSSR count). The molecule has 0 aromatic heterocycles. The maximum Gasteiger partial charge on any atom is 0.0785 e. The van der Waals surface area contributed by atoms with Gasteiger partial charge in [-0.1, -0.05) is 20.3 Å². The highest BCUT2D eigenvalue weighted by atomic mass is 16.5. The van der Waals surface area contributed by atoms with Gasteiger partial charge in [-0.2, -0.15) is 0 Å². The Morgan fingerprint density at radius 1 is 1.54 bits per heavy atom. The SMILES string of the molecule is CCC(C)C1(N)CCOC1C1CC1. The highest BCUT2D eigenvalue weighted by Crippen LogP contribution is 2.45. The van der Waals surface area contributed by atoms with Crippen LogP contribution in [-0.4, -0.2) is 18.2 Å². The van der Waals surface area contributed by atoms with Crippen LogP contribution >= 0.6 is 0 Å². The predicted octanol–water partition coefficient (Wildman–Crippen LogP) is 1.93. The molecule has 2 aliphatic rings. The van der Waals surface area contributed by atoms with Crippen molar-refractivity contribution >= 4 is 0 Å². The van der Waals surface area contributed by atoms with E-state index in [9.17, 15) is 0 Å². The lowest BCUT2D eigenvalue weighted by Crippen LogP contribution is -2.53. The molecule has 0 spiro atoms. The van der Waals surface area contributed by atoms with Gasteiger partial charge in [0.2, 0.25) is 0 Å². The highest BCUT2D eigenvalue weighted by molar-refractivity contribution is 5.05. The molecule has 1 aliphatic heterocycles. The molecule has 1 saturated heterocycles. The van der Waals surface area contributed by atoms with Crippen LogP contribution in [0.4, 0.5) is 0 Å². The number of hydrogen-bond donors (Lipinski definition) is 1. The van der Waals surface area contributed by atoms with E-state index in [2.05, 4.69) is 13.8 Å². The first-order chi connectivity index (χ1) is 6.18. The monoisotopic (exact) mass is 183 g/mol. The van der Waals surface area contributed by atoms with Gasteiger partial charge in [0.25, 0.3) is 0 Å². The molecule has 1 aliphatic carbocycles. The molecule has 0 aromatic carbocycles. The number of hydrogen-bond acceptors (Lipinski definition) is 2. The Morgan fingerprint density at radius 3 is 2.77 bits per heavy atom. The topological polar surface area (TPSA) is 35.2 Å². The van der Waals surface area contributed by atoms with Gasteiger partial charge in [0.1, 0.15) is 0 Å². The average molecular weight is 183 g/mol. The van der Waals surface area contributed by atoms with Gasteiger partial charge in [-0.25, -0.2) is 0 Å². The Labute approximate surface area is 80.8 Å². The summed E-state index contributed by atoms with van der Waals surface area (Å²) in [7, 11) is 0. The highest BCUT2D eigenvalue weighted by Gasteiger charge is 2.50. The van der Waals surface area contributed by atoms with Crippen molar-refractivity contribution in [1.29, 1.82) is 0 Å². The summed E-state index contributed by atoms with van der Waals surface area (Å²) in [4.78, 5) is 0. The molecule has 3 atom stereocenters. The van der Waals surface area contributed by atoms with Gasteiger partial charge >= 0.3 is 0 Å². The van der Waals surface area contributed by atoms with Gasteiger partial charge in [0.05, 0.1) is 6.10 Å². The van der Waals surface area contributed by atoms with Crippen molar-refractivity contribution < 1.29 is 4.74 Å². The van der Waals surface area contributed by atoms with Gasteiger partial charge < -0.3 is 10.5 Å². The molecule has 0 aromatic rings. The molecule has 0 bridgehead atoms. The van der Waals surface area contributed by atoms with E-state index in [1.807, 2.05) is 0 Å². The first-order valence-corrected chi connectivity index (χ1v) is 5.59. The second-order valence-electron chi connectivity index (χ2n) is 4.80. The van der Waals surface area contributed by atoms with Crippen LogP contribution < -0.4 is 5.73 Å². The van der Waals surface area contributed by atoms with E-state index in [4.69, 9.17) is 10.5 Å². The van der Waals surface area contributed by atoms with Gasteiger partial charge in [-0.15, -0.1) is 0 Å². The smallest absolute Gasteiger partial charge is 0.0785 e. The van der Waals surface area contributed by atoms with Crippen LogP contribution in [0, 0.1) is 11.8 Å². The maximum atomic E-state index is 6.47. The van der Waals surface area contributed by atoms with Gasteiger partial charge in [0, 0.05) is 12.1 Å². The van der Waals surface area contributed by atoms with Crippen molar-refractivity contribution in [2.24, 2.45) is 17.6 Å². The summed E-state index contributed by atoms with van der Waals surface area (Å²) in [5.41, 5.74) is 6.46. The standard InChI is InChI=1S/C11H21NO/c1-3-8(2)11(12)6-7-13-10(11)9-4-5-9/h8-10H,3-7,12H2,1-2H3.